The highest BCUT2D eigenvalue weighted by atomic mass is 16.6. The summed E-state index contributed by atoms with van der Waals surface area (Å²) in [5, 5.41) is 33.0. The minimum absolute atomic E-state index is 0.0341. The maximum absolute atomic E-state index is 11.1. The van der Waals surface area contributed by atoms with Gasteiger partial charge < -0.3 is 15.5 Å². The fourth-order valence-corrected chi connectivity index (χ4v) is 2.72. The van der Waals surface area contributed by atoms with Crippen molar-refractivity contribution in [2.24, 2.45) is 5.92 Å². The Balaban J connectivity index is 2.17. The van der Waals surface area contributed by atoms with E-state index in [-0.39, 0.29) is 17.2 Å². The molecule has 0 bridgehead atoms. The SMILES string of the molecule is O=C(O)c1cccc(NCC2CCCCC2O)c1[N+](=O)[O-]. The molecule has 2 rings (SSSR count). The molecule has 0 heterocycles. The predicted octanol–water partition coefficient (Wildman–Crippen LogP) is 2.26. The van der Waals surface area contributed by atoms with Crippen LogP contribution in [0.1, 0.15) is 36.0 Å². The van der Waals surface area contributed by atoms with Gasteiger partial charge in [-0.3, -0.25) is 10.1 Å². The molecule has 0 saturated heterocycles. The molecule has 0 radical (unpaired) electrons. The number of nitro groups is 1. The number of nitrogens with zero attached hydrogens (tertiary/aromatic N) is 1. The van der Waals surface area contributed by atoms with E-state index in [1.54, 1.807) is 0 Å². The van der Waals surface area contributed by atoms with Gasteiger partial charge in [0.05, 0.1) is 11.0 Å². The van der Waals surface area contributed by atoms with Gasteiger partial charge in [-0.15, -0.1) is 0 Å². The van der Waals surface area contributed by atoms with E-state index in [1.165, 1.54) is 18.2 Å². The number of aliphatic hydroxyl groups excluding tert-OH is 1. The normalized spacial score (nSPS) is 21.8. The summed E-state index contributed by atoms with van der Waals surface area (Å²) in [7, 11) is 0. The van der Waals surface area contributed by atoms with Crippen molar-refractivity contribution >= 4 is 17.3 Å². The Bertz CT molecular complexity index is 546. The lowest BCUT2D eigenvalue weighted by Crippen LogP contribution is -2.30. The highest BCUT2D eigenvalue weighted by Gasteiger charge is 2.26. The largest absolute Gasteiger partial charge is 0.477 e. The van der Waals surface area contributed by atoms with E-state index in [0.717, 1.165) is 25.7 Å². The third kappa shape index (κ3) is 3.49. The van der Waals surface area contributed by atoms with E-state index < -0.39 is 22.7 Å². The Hall–Kier alpha value is -2.15. The molecule has 1 aliphatic carbocycles. The molecule has 2 unspecified atom stereocenters. The Morgan fingerprint density at radius 2 is 2.10 bits per heavy atom. The van der Waals surface area contributed by atoms with Gasteiger partial charge in [-0.2, -0.15) is 0 Å². The number of anilines is 1. The summed E-state index contributed by atoms with van der Waals surface area (Å²) >= 11 is 0. The van der Waals surface area contributed by atoms with Crippen LogP contribution in [0.2, 0.25) is 0 Å². The summed E-state index contributed by atoms with van der Waals surface area (Å²) in [6.07, 6.45) is 3.21. The molecule has 7 heteroatoms. The van der Waals surface area contributed by atoms with E-state index in [2.05, 4.69) is 5.32 Å². The molecule has 0 aliphatic heterocycles. The smallest absolute Gasteiger partial charge is 0.342 e. The second kappa shape index (κ2) is 6.53. The zero-order valence-electron chi connectivity index (χ0n) is 11.5. The number of hydrogen-bond donors (Lipinski definition) is 3. The van der Waals surface area contributed by atoms with Crippen LogP contribution in [0.5, 0.6) is 0 Å². The van der Waals surface area contributed by atoms with Crippen LogP contribution in [0.15, 0.2) is 18.2 Å². The molecule has 1 aromatic rings. The first-order valence-electron chi connectivity index (χ1n) is 6.93. The fourth-order valence-electron chi connectivity index (χ4n) is 2.72. The maximum Gasteiger partial charge on any atom is 0.342 e. The Kier molecular flexibility index (Phi) is 4.74. The summed E-state index contributed by atoms with van der Waals surface area (Å²) in [5.74, 6) is -1.30. The van der Waals surface area contributed by atoms with Gasteiger partial charge in [-0.25, -0.2) is 4.79 Å². The van der Waals surface area contributed by atoms with Crippen molar-refractivity contribution in [2.75, 3.05) is 11.9 Å². The number of carboxylic acids is 1. The first-order valence-corrected chi connectivity index (χ1v) is 6.93. The number of para-hydroxylation sites is 1. The fraction of sp³-hybridized carbons (Fsp3) is 0.500. The van der Waals surface area contributed by atoms with Crippen LogP contribution in [0.3, 0.4) is 0 Å². The van der Waals surface area contributed by atoms with Crippen LogP contribution < -0.4 is 5.32 Å². The van der Waals surface area contributed by atoms with Crippen molar-refractivity contribution in [2.45, 2.75) is 31.8 Å². The van der Waals surface area contributed by atoms with Crippen molar-refractivity contribution in [1.29, 1.82) is 0 Å². The summed E-state index contributed by atoms with van der Waals surface area (Å²) in [4.78, 5) is 21.5. The van der Waals surface area contributed by atoms with Crippen LogP contribution >= 0.6 is 0 Å². The monoisotopic (exact) mass is 294 g/mol. The molecule has 1 fully saturated rings. The molecule has 21 heavy (non-hydrogen) atoms. The molecule has 0 amide bonds. The molecule has 0 aromatic heterocycles. The highest BCUT2D eigenvalue weighted by molar-refractivity contribution is 5.95. The number of nitrogens with one attached hydrogen (secondary N) is 1. The van der Waals surface area contributed by atoms with Gasteiger partial charge in [0.1, 0.15) is 11.3 Å². The lowest BCUT2D eigenvalue weighted by Gasteiger charge is -2.27. The first kappa shape index (κ1) is 15.2. The molecule has 7 nitrogen and oxygen atoms in total. The zero-order chi connectivity index (χ0) is 15.4. The predicted molar refractivity (Wildman–Crippen MR) is 76.5 cm³/mol. The van der Waals surface area contributed by atoms with Crippen molar-refractivity contribution in [1.82, 2.24) is 0 Å². The number of benzene rings is 1. The van der Waals surface area contributed by atoms with E-state index in [9.17, 15) is 20.0 Å². The number of aliphatic hydroxyl groups is 1. The average molecular weight is 294 g/mol. The quantitative estimate of drug-likeness (QED) is 0.567. The van der Waals surface area contributed by atoms with E-state index in [4.69, 9.17) is 5.11 Å². The standard InChI is InChI=1S/C14H18N2O5/c17-12-7-2-1-4-9(12)8-15-11-6-3-5-10(14(18)19)13(11)16(20)21/h3,5-6,9,12,15,17H,1-2,4,7-8H2,(H,18,19). The molecule has 1 aliphatic rings. The van der Waals surface area contributed by atoms with Gasteiger partial charge in [0.15, 0.2) is 0 Å². The second-order valence-corrected chi connectivity index (χ2v) is 5.26. The van der Waals surface area contributed by atoms with Crippen LogP contribution in [-0.4, -0.2) is 33.8 Å². The molecular weight excluding hydrogens is 276 g/mol. The Labute approximate surface area is 121 Å². The van der Waals surface area contributed by atoms with E-state index in [1.807, 2.05) is 0 Å². The van der Waals surface area contributed by atoms with Gasteiger partial charge in [0.2, 0.25) is 0 Å². The lowest BCUT2D eigenvalue weighted by molar-refractivity contribution is -0.384. The van der Waals surface area contributed by atoms with Crippen molar-refractivity contribution in [3.05, 3.63) is 33.9 Å². The molecule has 3 N–H and O–H groups in total. The number of carboxylic acid groups (broad SMARTS) is 1. The minimum Gasteiger partial charge on any atom is -0.477 e. The Morgan fingerprint density at radius 3 is 2.71 bits per heavy atom. The number of nitro benzene ring substituents is 1. The molecule has 1 saturated carbocycles. The topological polar surface area (TPSA) is 113 Å². The third-order valence-corrected chi connectivity index (χ3v) is 3.87. The van der Waals surface area contributed by atoms with Crippen molar-refractivity contribution in [3.63, 3.8) is 0 Å². The van der Waals surface area contributed by atoms with Gasteiger partial charge in [-0.05, 0) is 25.0 Å². The molecular formula is C14H18N2O5. The van der Waals surface area contributed by atoms with Crippen molar-refractivity contribution < 1.29 is 19.9 Å². The minimum atomic E-state index is -1.33. The number of carbonyl (C=O) groups is 1. The van der Waals surface area contributed by atoms with Crippen molar-refractivity contribution in [3.8, 4) is 0 Å². The average Bonchev–Trinajstić information content (AvgIpc) is 2.45. The Morgan fingerprint density at radius 1 is 1.38 bits per heavy atom. The second-order valence-electron chi connectivity index (χ2n) is 5.26. The number of aromatic carboxylic acids is 1. The van der Waals surface area contributed by atoms with Gasteiger partial charge in [0.25, 0.3) is 0 Å². The number of rotatable bonds is 5. The summed E-state index contributed by atoms with van der Waals surface area (Å²) in [6.45, 7) is 0.394. The van der Waals surface area contributed by atoms with Gasteiger partial charge in [-0.1, -0.05) is 18.9 Å². The summed E-state index contributed by atoms with van der Waals surface area (Å²) < 4.78 is 0. The maximum atomic E-state index is 11.1. The van der Waals surface area contributed by atoms with Crippen LogP contribution in [-0.2, 0) is 0 Å². The highest BCUT2D eigenvalue weighted by Crippen LogP contribution is 2.30. The van der Waals surface area contributed by atoms with Crippen LogP contribution in [0.25, 0.3) is 0 Å². The first-order chi connectivity index (χ1) is 10.0. The van der Waals surface area contributed by atoms with E-state index in [0.29, 0.717) is 6.54 Å². The molecule has 0 spiro atoms. The zero-order valence-corrected chi connectivity index (χ0v) is 11.5. The van der Waals surface area contributed by atoms with Crippen LogP contribution in [0, 0.1) is 16.0 Å². The molecule has 2 atom stereocenters. The van der Waals surface area contributed by atoms with Gasteiger partial charge >= 0.3 is 11.7 Å². The molecule has 1 aromatic carbocycles. The lowest BCUT2D eigenvalue weighted by atomic mass is 9.86. The summed E-state index contributed by atoms with van der Waals surface area (Å²) in [6, 6.07) is 4.16. The van der Waals surface area contributed by atoms with Crippen LogP contribution in [0.4, 0.5) is 11.4 Å². The van der Waals surface area contributed by atoms with Gasteiger partial charge in [0, 0.05) is 12.5 Å². The number of hydrogen-bond acceptors (Lipinski definition) is 5. The third-order valence-electron chi connectivity index (χ3n) is 3.87. The summed E-state index contributed by atoms with van der Waals surface area (Å²) in [5.41, 5.74) is -0.595. The molecule has 114 valence electrons. The van der Waals surface area contributed by atoms with E-state index >= 15 is 0 Å².